The minimum atomic E-state index is -0.0687. The largest absolute Gasteiger partial charge is 2.00 e. The minimum absolute atomic E-state index is 0. The summed E-state index contributed by atoms with van der Waals surface area (Å²) in [5, 5.41) is 0. The Bertz CT molecular complexity index is 546. The summed E-state index contributed by atoms with van der Waals surface area (Å²) >= 11 is 0. The van der Waals surface area contributed by atoms with Crippen LogP contribution in [-0.2, 0) is 21.1 Å². The second-order valence-corrected chi connectivity index (χ2v) is 3.86. The van der Waals surface area contributed by atoms with E-state index < -0.39 is 0 Å². The van der Waals surface area contributed by atoms with Crippen molar-refractivity contribution in [1.29, 1.82) is 0 Å². The summed E-state index contributed by atoms with van der Waals surface area (Å²) in [6, 6.07) is 0. The maximum Gasteiger partial charge on any atom is 2.00 e. The van der Waals surface area contributed by atoms with E-state index in [4.69, 9.17) is 6.42 Å². The van der Waals surface area contributed by atoms with Gasteiger partial charge in [-0.3, -0.25) is 5.92 Å². The van der Waals surface area contributed by atoms with Gasteiger partial charge in [0.2, 0.25) is 0 Å². The summed E-state index contributed by atoms with van der Waals surface area (Å²) in [6.45, 7) is 7.72. The third-order valence-corrected chi connectivity index (χ3v) is 2.62. The van der Waals surface area contributed by atoms with E-state index in [0.29, 0.717) is 5.92 Å². The smallest absolute Gasteiger partial charge is 0.328 e. The molecule has 0 aromatic rings. The molecule has 0 saturated heterocycles. The standard InChI is InChI=1S/C19H18.W/c1-6-10-12-13-16-18(15-11-7-2)19(14-8-3)17(5)9-4;/h2,9,16-19H,1,3-5H3;/q-2;+2. The van der Waals surface area contributed by atoms with E-state index in [0.717, 1.165) is 0 Å². The third kappa shape index (κ3) is 8.46. The van der Waals surface area contributed by atoms with Gasteiger partial charge in [-0.2, -0.15) is 19.3 Å². The fourth-order valence-electron chi connectivity index (χ4n) is 1.51. The predicted molar refractivity (Wildman–Crippen MR) is 81.7 cm³/mol. The Labute approximate surface area is 139 Å². The molecule has 3 unspecified atom stereocenters. The van der Waals surface area contributed by atoms with E-state index in [1.807, 2.05) is 20.3 Å². The molecule has 100 valence electrons. The SMILES string of the molecule is C#CC#CC([CH-]C#CC#CC)C(C#CC)C(C)[CH-]C.[W+2]. The summed E-state index contributed by atoms with van der Waals surface area (Å²) in [5.74, 6) is 25.6. The van der Waals surface area contributed by atoms with Gasteiger partial charge >= 0.3 is 21.1 Å². The first-order valence-corrected chi connectivity index (χ1v) is 6.14. The van der Waals surface area contributed by atoms with Crippen molar-refractivity contribution in [3.8, 4) is 59.7 Å². The van der Waals surface area contributed by atoms with Gasteiger partial charge in [-0.05, 0) is 37.5 Å². The molecule has 0 amide bonds. The summed E-state index contributed by atoms with van der Waals surface area (Å²) in [5.41, 5.74) is 0. The van der Waals surface area contributed by atoms with Crippen LogP contribution < -0.4 is 0 Å². The molecule has 0 spiro atoms. The van der Waals surface area contributed by atoms with Gasteiger partial charge in [-0.1, -0.05) is 12.8 Å². The van der Waals surface area contributed by atoms with E-state index >= 15 is 0 Å². The van der Waals surface area contributed by atoms with Gasteiger partial charge in [0.25, 0.3) is 0 Å². The molecule has 0 bridgehead atoms. The van der Waals surface area contributed by atoms with Crippen molar-refractivity contribution in [2.75, 3.05) is 0 Å². The van der Waals surface area contributed by atoms with Gasteiger partial charge in [0.1, 0.15) is 0 Å². The zero-order valence-electron chi connectivity index (χ0n) is 12.4. The van der Waals surface area contributed by atoms with Gasteiger partial charge in [0.15, 0.2) is 0 Å². The first-order valence-electron chi connectivity index (χ1n) is 6.14. The molecule has 0 heterocycles. The van der Waals surface area contributed by atoms with Gasteiger partial charge in [-0.15, -0.1) is 30.1 Å². The third-order valence-electron chi connectivity index (χ3n) is 2.62. The topological polar surface area (TPSA) is 0 Å². The first kappa shape index (κ1) is 20.7. The molecule has 0 aromatic heterocycles. The van der Waals surface area contributed by atoms with E-state index in [1.165, 1.54) is 0 Å². The number of hydrogen-bond donors (Lipinski definition) is 0. The average Bonchev–Trinajstić information content (AvgIpc) is 2.43. The quantitative estimate of drug-likeness (QED) is 0.476. The fourth-order valence-corrected chi connectivity index (χ4v) is 1.51. The zero-order chi connectivity index (χ0) is 14.5. The van der Waals surface area contributed by atoms with Crippen molar-refractivity contribution in [1.82, 2.24) is 0 Å². The summed E-state index contributed by atoms with van der Waals surface area (Å²) < 4.78 is 0. The van der Waals surface area contributed by atoms with E-state index in [-0.39, 0.29) is 32.9 Å². The summed E-state index contributed by atoms with van der Waals surface area (Å²) in [4.78, 5) is 0. The minimum Gasteiger partial charge on any atom is -0.328 e. The van der Waals surface area contributed by atoms with Crippen molar-refractivity contribution in [3.63, 3.8) is 0 Å². The summed E-state index contributed by atoms with van der Waals surface area (Å²) in [7, 11) is 0. The normalized spacial score (nSPS) is 11.6. The Hall–Kier alpha value is -1.64. The van der Waals surface area contributed by atoms with Crippen LogP contribution in [-0.4, -0.2) is 0 Å². The fraction of sp³-hybridized carbons (Fsp3) is 0.368. The molecule has 0 aliphatic heterocycles. The van der Waals surface area contributed by atoms with Crippen LogP contribution in [0.3, 0.4) is 0 Å². The van der Waals surface area contributed by atoms with Crippen LogP contribution in [0.25, 0.3) is 0 Å². The van der Waals surface area contributed by atoms with Gasteiger partial charge in [0, 0.05) is 0 Å². The molecule has 3 atom stereocenters. The number of terminal acetylenes is 1. The Morgan fingerprint density at radius 1 is 1.00 bits per heavy atom. The number of hydrogen-bond acceptors (Lipinski definition) is 0. The Morgan fingerprint density at radius 3 is 2.20 bits per heavy atom. The molecule has 0 aromatic carbocycles. The molecule has 0 aliphatic carbocycles. The Balaban J connectivity index is 0. The zero-order valence-corrected chi connectivity index (χ0v) is 15.3. The molecule has 0 aliphatic rings. The molecule has 20 heavy (non-hydrogen) atoms. The molecule has 1 heteroatoms. The second-order valence-electron chi connectivity index (χ2n) is 3.86. The molecule has 0 radical (unpaired) electrons. The molecule has 0 rings (SSSR count). The maximum atomic E-state index is 5.20. The van der Waals surface area contributed by atoms with Crippen molar-refractivity contribution in [2.45, 2.75) is 27.7 Å². The van der Waals surface area contributed by atoms with Crippen molar-refractivity contribution >= 4 is 0 Å². The molecule has 0 N–H and O–H groups in total. The van der Waals surface area contributed by atoms with Crippen molar-refractivity contribution < 1.29 is 21.1 Å². The molecule has 0 saturated carbocycles. The van der Waals surface area contributed by atoms with Crippen molar-refractivity contribution in [3.05, 3.63) is 12.8 Å². The maximum absolute atomic E-state index is 5.20. The van der Waals surface area contributed by atoms with Crippen LogP contribution in [0.15, 0.2) is 0 Å². The molecular formula is C19H18W. The van der Waals surface area contributed by atoms with E-state index in [1.54, 1.807) is 6.92 Å². The van der Waals surface area contributed by atoms with Crippen LogP contribution >= 0.6 is 0 Å². The van der Waals surface area contributed by atoms with E-state index in [9.17, 15) is 0 Å². The van der Waals surface area contributed by atoms with Crippen LogP contribution in [0.5, 0.6) is 0 Å². The van der Waals surface area contributed by atoms with Crippen LogP contribution in [0, 0.1) is 90.3 Å². The van der Waals surface area contributed by atoms with Gasteiger partial charge in [0.05, 0.1) is 0 Å². The van der Waals surface area contributed by atoms with Crippen LogP contribution in [0.1, 0.15) is 27.7 Å². The molecule has 0 nitrogen and oxygen atoms in total. The first-order chi connectivity index (χ1) is 9.21. The van der Waals surface area contributed by atoms with Crippen molar-refractivity contribution in [2.24, 2.45) is 17.8 Å². The predicted octanol–water partition coefficient (Wildman–Crippen LogP) is 2.97. The molecular weight excluding hydrogens is 412 g/mol. The second kappa shape index (κ2) is 13.8. The van der Waals surface area contributed by atoms with E-state index in [2.05, 4.69) is 66.6 Å². The van der Waals surface area contributed by atoms with Gasteiger partial charge < -0.3 is 6.42 Å². The number of rotatable bonds is 4. The van der Waals surface area contributed by atoms with Gasteiger partial charge in [-0.25, -0.2) is 5.92 Å². The van der Waals surface area contributed by atoms with Crippen LogP contribution in [0.4, 0.5) is 0 Å². The van der Waals surface area contributed by atoms with Crippen LogP contribution in [0.2, 0.25) is 0 Å². The average molecular weight is 430 g/mol. The Morgan fingerprint density at radius 2 is 1.70 bits per heavy atom. The molecule has 0 fully saturated rings. The summed E-state index contributed by atoms with van der Waals surface area (Å²) in [6.07, 6.45) is 9.15. The Kier molecular flexibility index (Phi) is 14.2. The monoisotopic (exact) mass is 430 g/mol.